The number of thiophene rings is 1. The average Bonchev–Trinajstić information content (AvgIpc) is 2.56. The van der Waals surface area contributed by atoms with E-state index in [0.29, 0.717) is 11.3 Å². The summed E-state index contributed by atoms with van der Waals surface area (Å²) in [5, 5.41) is 4.27. The normalized spacial score (nSPS) is 28.4. The van der Waals surface area contributed by atoms with Crippen molar-refractivity contribution in [2.24, 2.45) is 17.1 Å². The molecule has 2 unspecified atom stereocenters. The van der Waals surface area contributed by atoms with E-state index in [0.717, 1.165) is 0 Å². The molecular weight excluding hydrogens is 166 g/mol. The third kappa shape index (κ3) is 1.29. The van der Waals surface area contributed by atoms with Crippen molar-refractivity contribution in [2.75, 3.05) is 0 Å². The van der Waals surface area contributed by atoms with E-state index in [4.69, 9.17) is 5.73 Å². The maximum Gasteiger partial charge on any atom is 0.0337 e. The average molecular weight is 181 g/mol. The Morgan fingerprint density at radius 3 is 2.75 bits per heavy atom. The molecule has 0 amide bonds. The Balaban J connectivity index is 2.08. The van der Waals surface area contributed by atoms with Crippen LogP contribution in [0.1, 0.15) is 31.9 Å². The van der Waals surface area contributed by atoms with Crippen molar-refractivity contribution in [1.29, 1.82) is 0 Å². The Labute approximate surface area is 77.6 Å². The Morgan fingerprint density at radius 1 is 1.67 bits per heavy atom. The summed E-state index contributed by atoms with van der Waals surface area (Å²) in [4.78, 5) is 0. The molecule has 66 valence electrons. The molecule has 1 saturated carbocycles. The van der Waals surface area contributed by atoms with E-state index in [-0.39, 0.29) is 6.04 Å². The van der Waals surface area contributed by atoms with Crippen molar-refractivity contribution < 1.29 is 0 Å². The van der Waals surface area contributed by atoms with Crippen molar-refractivity contribution in [3.8, 4) is 0 Å². The Hall–Kier alpha value is -0.340. The van der Waals surface area contributed by atoms with Gasteiger partial charge in [0.1, 0.15) is 0 Å². The lowest BCUT2D eigenvalue weighted by Crippen LogP contribution is -2.14. The van der Waals surface area contributed by atoms with Crippen LogP contribution in [0.25, 0.3) is 0 Å². The second kappa shape index (κ2) is 2.57. The van der Waals surface area contributed by atoms with Crippen molar-refractivity contribution in [1.82, 2.24) is 0 Å². The largest absolute Gasteiger partial charge is 0.324 e. The van der Waals surface area contributed by atoms with Crippen LogP contribution in [0.2, 0.25) is 0 Å². The number of nitrogens with two attached hydrogens (primary N) is 1. The van der Waals surface area contributed by atoms with E-state index in [2.05, 4.69) is 30.7 Å². The third-order valence-electron chi connectivity index (χ3n) is 2.95. The van der Waals surface area contributed by atoms with Crippen LogP contribution in [0.4, 0.5) is 0 Å². The highest BCUT2D eigenvalue weighted by Crippen LogP contribution is 2.57. The Kier molecular flexibility index (Phi) is 1.77. The summed E-state index contributed by atoms with van der Waals surface area (Å²) in [6.45, 7) is 4.59. The van der Waals surface area contributed by atoms with E-state index in [9.17, 15) is 0 Å². The quantitative estimate of drug-likeness (QED) is 0.746. The fraction of sp³-hybridized carbons (Fsp3) is 0.600. The first kappa shape index (κ1) is 8.27. The van der Waals surface area contributed by atoms with Gasteiger partial charge < -0.3 is 5.73 Å². The highest BCUT2D eigenvalue weighted by Gasteiger charge is 2.49. The molecule has 0 aromatic carbocycles. The van der Waals surface area contributed by atoms with Gasteiger partial charge in [0.25, 0.3) is 0 Å². The Bertz CT molecular complexity index is 263. The minimum absolute atomic E-state index is 0.270. The predicted molar refractivity (Wildman–Crippen MR) is 53.1 cm³/mol. The summed E-state index contributed by atoms with van der Waals surface area (Å²) in [5.41, 5.74) is 7.93. The van der Waals surface area contributed by atoms with Gasteiger partial charge >= 0.3 is 0 Å². The zero-order valence-electron chi connectivity index (χ0n) is 7.58. The van der Waals surface area contributed by atoms with Gasteiger partial charge in [0.05, 0.1) is 0 Å². The molecule has 0 aliphatic heterocycles. The number of hydrogen-bond acceptors (Lipinski definition) is 2. The summed E-state index contributed by atoms with van der Waals surface area (Å²) in [6, 6.07) is 2.41. The molecule has 0 spiro atoms. The molecule has 1 aliphatic rings. The molecule has 12 heavy (non-hydrogen) atoms. The number of rotatable bonds is 2. The minimum atomic E-state index is 0.270. The van der Waals surface area contributed by atoms with Crippen LogP contribution in [-0.4, -0.2) is 0 Å². The highest BCUT2D eigenvalue weighted by molar-refractivity contribution is 7.07. The van der Waals surface area contributed by atoms with Gasteiger partial charge in [-0.25, -0.2) is 0 Å². The van der Waals surface area contributed by atoms with Gasteiger partial charge in [-0.3, -0.25) is 0 Å². The topological polar surface area (TPSA) is 26.0 Å². The van der Waals surface area contributed by atoms with Crippen LogP contribution in [0.5, 0.6) is 0 Å². The van der Waals surface area contributed by atoms with Crippen LogP contribution >= 0.6 is 11.3 Å². The van der Waals surface area contributed by atoms with Gasteiger partial charge in [-0.1, -0.05) is 13.8 Å². The van der Waals surface area contributed by atoms with Crippen LogP contribution in [0.15, 0.2) is 16.8 Å². The molecule has 0 saturated heterocycles. The van der Waals surface area contributed by atoms with Crippen molar-refractivity contribution in [3.63, 3.8) is 0 Å². The number of hydrogen-bond donors (Lipinski definition) is 1. The minimum Gasteiger partial charge on any atom is -0.324 e. The summed E-state index contributed by atoms with van der Waals surface area (Å²) in [6.07, 6.45) is 1.28. The molecule has 1 fully saturated rings. The van der Waals surface area contributed by atoms with E-state index in [1.807, 2.05) is 0 Å². The molecule has 2 heteroatoms. The van der Waals surface area contributed by atoms with E-state index in [1.165, 1.54) is 12.0 Å². The van der Waals surface area contributed by atoms with Gasteiger partial charge in [-0.05, 0) is 40.1 Å². The zero-order chi connectivity index (χ0) is 8.77. The summed E-state index contributed by atoms with van der Waals surface area (Å²) in [7, 11) is 0. The molecule has 2 rings (SSSR count). The van der Waals surface area contributed by atoms with Gasteiger partial charge in [-0.2, -0.15) is 11.3 Å². The standard InChI is InChI=1S/C10H15NS/c1-10(2)5-8(10)9(11)7-3-4-12-6-7/h3-4,6,8-9H,5,11H2,1-2H3. The molecule has 0 radical (unpaired) electrons. The van der Waals surface area contributed by atoms with Crippen LogP contribution in [0, 0.1) is 11.3 Å². The molecule has 1 heterocycles. The van der Waals surface area contributed by atoms with E-state index in [1.54, 1.807) is 11.3 Å². The molecule has 1 aromatic heterocycles. The Morgan fingerprint density at radius 2 is 2.33 bits per heavy atom. The second-order valence-electron chi connectivity index (χ2n) is 4.38. The first-order chi connectivity index (χ1) is 5.61. The van der Waals surface area contributed by atoms with Crippen LogP contribution in [0.3, 0.4) is 0 Å². The van der Waals surface area contributed by atoms with E-state index >= 15 is 0 Å². The zero-order valence-corrected chi connectivity index (χ0v) is 8.40. The van der Waals surface area contributed by atoms with Crippen molar-refractivity contribution in [3.05, 3.63) is 22.4 Å². The van der Waals surface area contributed by atoms with Crippen LogP contribution in [-0.2, 0) is 0 Å². The van der Waals surface area contributed by atoms with Gasteiger partial charge in [0.15, 0.2) is 0 Å². The fourth-order valence-corrected chi connectivity index (χ4v) is 2.52. The molecule has 0 bridgehead atoms. The van der Waals surface area contributed by atoms with Crippen molar-refractivity contribution in [2.45, 2.75) is 26.3 Å². The smallest absolute Gasteiger partial charge is 0.0337 e. The second-order valence-corrected chi connectivity index (χ2v) is 5.16. The first-order valence-corrected chi connectivity index (χ1v) is 5.33. The van der Waals surface area contributed by atoms with Gasteiger partial charge in [0, 0.05) is 6.04 Å². The lowest BCUT2D eigenvalue weighted by Gasteiger charge is -2.11. The highest BCUT2D eigenvalue weighted by atomic mass is 32.1. The summed E-state index contributed by atoms with van der Waals surface area (Å²) < 4.78 is 0. The monoisotopic (exact) mass is 181 g/mol. The summed E-state index contributed by atoms with van der Waals surface area (Å²) in [5.74, 6) is 0.701. The molecule has 1 nitrogen and oxygen atoms in total. The molecular formula is C10H15NS. The first-order valence-electron chi connectivity index (χ1n) is 4.39. The molecule has 1 aliphatic carbocycles. The maximum absolute atomic E-state index is 6.13. The van der Waals surface area contributed by atoms with Crippen LogP contribution < -0.4 is 5.73 Å². The third-order valence-corrected chi connectivity index (χ3v) is 3.65. The van der Waals surface area contributed by atoms with Gasteiger partial charge in [0.2, 0.25) is 0 Å². The summed E-state index contributed by atoms with van der Waals surface area (Å²) >= 11 is 1.73. The maximum atomic E-state index is 6.13. The lowest BCUT2D eigenvalue weighted by atomic mass is 10.0. The van der Waals surface area contributed by atoms with E-state index < -0.39 is 0 Å². The van der Waals surface area contributed by atoms with Gasteiger partial charge in [-0.15, -0.1) is 0 Å². The molecule has 2 N–H and O–H groups in total. The molecule has 2 atom stereocenters. The van der Waals surface area contributed by atoms with Crippen molar-refractivity contribution >= 4 is 11.3 Å². The predicted octanol–water partition coefficient (Wildman–Crippen LogP) is 2.79. The lowest BCUT2D eigenvalue weighted by molar-refractivity contribution is 0.492. The fourth-order valence-electron chi connectivity index (χ4n) is 1.82. The SMILES string of the molecule is CC1(C)CC1C(N)c1ccsc1. The molecule has 1 aromatic rings.